The number of para-hydroxylation sites is 1. The van der Waals surface area contributed by atoms with Crippen LogP contribution in [0.5, 0.6) is 0 Å². The molecule has 0 saturated carbocycles. The molecule has 0 aliphatic rings. The molecular formula is C14H15NOS2. The van der Waals surface area contributed by atoms with Crippen LogP contribution in [0.4, 0.5) is 5.69 Å². The summed E-state index contributed by atoms with van der Waals surface area (Å²) >= 11 is 5.62. The number of carbonyl (C=O) groups is 1. The summed E-state index contributed by atoms with van der Waals surface area (Å²) in [5.74, 6) is -0.0655. The van der Waals surface area contributed by atoms with Gasteiger partial charge >= 0.3 is 0 Å². The van der Waals surface area contributed by atoms with E-state index in [1.807, 2.05) is 30.5 Å². The molecule has 0 bridgehead atoms. The number of benzene rings is 1. The van der Waals surface area contributed by atoms with Gasteiger partial charge in [-0.25, -0.2) is 0 Å². The van der Waals surface area contributed by atoms with E-state index < -0.39 is 0 Å². The molecule has 1 aromatic heterocycles. The Labute approximate surface area is 116 Å². The van der Waals surface area contributed by atoms with E-state index in [0.717, 1.165) is 28.1 Å². The predicted molar refractivity (Wildman–Crippen MR) is 80.1 cm³/mol. The summed E-state index contributed by atoms with van der Waals surface area (Å²) in [6.45, 7) is 4.09. The first-order valence-electron chi connectivity index (χ1n) is 5.79. The lowest BCUT2D eigenvalue weighted by atomic mass is 10.1. The third-order valence-electron chi connectivity index (χ3n) is 2.79. The van der Waals surface area contributed by atoms with Gasteiger partial charge in [-0.05, 0) is 30.5 Å². The van der Waals surface area contributed by atoms with Crippen LogP contribution >= 0.6 is 24.0 Å². The lowest BCUT2D eigenvalue weighted by molar-refractivity contribution is 0.103. The van der Waals surface area contributed by atoms with Gasteiger partial charge in [-0.3, -0.25) is 4.79 Å². The molecule has 0 radical (unpaired) electrons. The number of hydrogen-bond acceptors (Lipinski definition) is 3. The summed E-state index contributed by atoms with van der Waals surface area (Å²) in [4.78, 5) is 13.6. The van der Waals surface area contributed by atoms with Crippen molar-refractivity contribution >= 4 is 35.6 Å². The number of nitrogens with one attached hydrogen (secondary N) is 1. The minimum atomic E-state index is -0.0655. The number of amides is 1. The first-order chi connectivity index (χ1) is 8.61. The molecule has 1 N–H and O–H groups in total. The van der Waals surface area contributed by atoms with Crippen LogP contribution in [0.15, 0.2) is 34.5 Å². The standard InChI is InChI=1S/C14H15NOS2/c1-3-10-6-4-5-9(2)13(10)15-14(16)12-7-11(17)8-18-12/h4-8,17H,3H2,1-2H3,(H,15,16). The van der Waals surface area contributed by atoms with Crippen molar-refractivity contribution in [2.45, 2.75) is 25.2 Å². The Balaban J connectivity index is 2.26. The monoisotopic (exact) mass is 277 g/mol. The van der Waals surface area contributed by atoms with E-state index >= 15 is 0 Å². The first-order valence-corrected chi connectivity index (χ1v) is 7.12. The van der Waals surface area contributed by atoms with Gasteiger partial charge in [0.2, 0.25) is 0 Å². The molecule has 1 amide bonds. The highest BCUT2D eigenvalue weighted by atomic mass is 32.1. The van der Waals surface area contributed by atoms with E-state index in [0.29, 0.717) is 4.88 Å². The van der Waals surface area contributed by atoms with Crippen LogP contribution in [0.2, 0.25) is 0 Å². The summed E-state index contributed by atoms with van der Waals surface area (Å²) in [6, 6.07) is 7.85. The molecule has 0 unspecified atom stereocenters. The molecule has 0 atom stereocenters. The minimum absolute atomic E-state index is 0.0655. The first kappa shape index (κ1) is 13.2. The summed E-state index contributed by atoms with van der Waals surface area (Å²) in [7, 11) is 0. The van der Waals surface area contributed by atoms with Crippen molar-refractivity contribution in [3.8, 4) is 0 Å². The average molecular weight is 277 g/mol. The van der Waals surface area contributed by atoms with Crippen molar-refractivity contribution in [3.63, 3.8) is 0 Å². The summed E-state index contributed by atoms with van der Waals surface area (Å²) in [5.41, 5.74) is 3.18. The van der Waals surface area contributed by atoms with Crippen molar-refractivity contribution in [2.24, 2.45) is 0 Å². The van der Waals surface area contributed by atoms with Gasteiger partial charge in [-0.15, -0.1) is 24.0 Å². The van der Waals surface area contributed by atoms with Crippen molar-refractivity contribution in [2.75, 3.05) is 5.32 Å². The Morgan fingerprint density at radius 3 is 2.83 bits per heavy atom. The number of aryl methyl sites for hydroxylation is 2. The Morgan fingerprint density at radius 2 is 2.22 bits per heavy atom. The predicted octanol–water partition coefficient (Wildman–Crippen LogP) is 4.16. The number of carbonyl (C=O) groups excluding carboxylic acids is 1. The van der Waals surface area contributed by atoms with E-state index in [1.54, 1.807) is 6.07 Å². The van der Waals surface area contributed by atoms with Crippen molar-refractivity contribution in [3.05, 3.63) is 45.6 Å². The zero-order chi connectivity index (χ0) is 13.1. The van der Waals surface area contributed by atoms with E-state index in [2.05, 4.69) is 24.9 Å². The minimum Gasteiger partial charge on any atom is -0.321 e. The van der Waals surface area contributed by atoms with Gasteiger partial charge in [-0.2, -0.15) is 0 Å². The van der Waals surface area contributed by atoms with Gasteiger partial charge in [0.1, 0.15) is 0 Å². The molecule has 1 heterocycles. The maximum atomic E-state index is 12.1. The molecule has 2 rings (SSSR count). The number of anilines is 1. The van der Waals surface area contributed by atoms with Crippen LogP contribution in [0.3, 0.4) is 0 Å². The van der Waals surface area contributed by atoms with Crippen LogP contribution in [-0.4, -0.2) is 5.91 Å². The van der Waals surface area contributed by atoms with Gasteiger partial charge in [0, 0.05) is 16.0 Å². The van der Waals surface area contributed by atoms with Crippen LogP contribution in [0.1, 0.15) is 27.7 Å². The van der Waals surface area contributed by atoms with Crippen LogP contribution in [-0.2, 0) is 6.42 Å². The fraction of sp³-hybridized carbons (Fsp3) is 0.214. The zero-order valence-corrected chi connectivity index (χ0v) is 12.1. The Bertz CT molecular complexity index is 575. The van der Waals surface area contributed by atoms with Gasteiger partial charge in [-0.1, -0.05) is 25.1 Å². The summed E-state index contributed by atoms with van der Waals surface area (Å²) < 4.78 is 0. The van der Waals surface area contributed by atoms with E-state index in [-0.39, 0.29) is 5.91 Å². The highest BCUT2D eigenvalue weighted by molar-refractivity contribution is 7.80. The highest BCUT2D eigenvalue weighted by Crippen LogP contribution is 2.24. The SMILES string of the molecule is CCc1cccc(C)c1NC(=O)c1cc(S)cs1. The fourth-order valence-electron chi connectivity index (χ4n) is 1.82. The van der Waals surface area contributed by atoms with E-state index in [4.69, 9.17) is 0 Å². The smallest absolute Gasteiger partial charge is 0.265 e. The van der Waals surface area contributed by atoms with E-state index in [1.165, 1.54) is 11.3 Å². The normalized spacial score (nSPS) is 10.4. The van der Waals surface area contributed by atoms with Crippen molar-refractivity contribution < 1.29 is 4.79 Å². The average Bonchev–Trinajstić information content (AvgIpc) is 2.78. The lowest BCUT2D eigenvalue weighted by Gasteiger charge is -2.12. The maximum absolute atomic E-state index is 12.1. The van der Waals surface area contributed by atoms with Gasteiger partial charge in [0.05, 0.1) is 4.88 Å². The molecule has 18 heavy (non-hydrogen) atoms. The van der Waals surface area contributed by atoms with Crippen LogP contribution in [0, 0.1) is 6.92 Å². The fourth-order valence-corrected chi connectivity index (χ4v) is 2.87. The molecule has 94 valence electrons. The third-order valence-corrected chi connectivity index (χ3v) is 4.15. The molecule has 2 nitrogen and oxygen atoms in total. The molecular weight excluding hydrogens is 262 g/mol. The number of thiophene rings is 1. The second-order valence-corrected chi connectivity index (χ2v) is 5.51. The van der Waals surface area contributed by atoms with Crippen LogP contribution in [0.25, 0.3) is 0 Å². The lowest BCUT2D eigenvalue weighted by Crippen LogP contribution is -2.12. The second kappa shape index (κ2) is 5.59. The molecule has 0 aliphatic heterocycles. The van der Waals surface area contributed by atoms with Crippen molar-refractivity contribution in [1.29, 1.82) is 0 Å². The topological polar surface area (TPSA) is 29.1 Å². The summed E-state index contributed by atoms with van der Waals surface area (Å²) in [5, 5.41) is 4.85. The molecule has 0 spiro atoms. The second-order valence-electron chi connectivity index (χ2n) is 4.09. The van der Waals surface area contributed by atoms with Gasteiger partial charge in [0.15, 0.2) is 0 Å². The molecule has 0 fully saturated rings. The number of hydrogen-bond donors (Lipinski definition) is 2. The Kier molecular flexibility index (Phi) is 4.09. The largest absolute Gasteiger partial charge is 0.321 e. The zero-order valence-electron chi connectivity index (χ0n) is 10.4. The maximum Gasteiger partial charge on any atom is 0.265 e. The van der Waals surface area contributed by atoms with Gasteiger partial charge < -0.3 is 5.32 Å². The quantitative estimate of drug-likeness (QED) is 0.810. The summed E-state index contributed by atoms with van der Waals surface area (Å²) in [6.07, 6.45) is 0.902. The number of rotatable bonds is 3. The van der Waals surface area contributed by atoms with E-state index in [9.17, 15) is 4.79 Å². The molecule has 0 aliphatic carbocycles. The third kappa shape index (κ3) is 2.76. The van der Waals surface area contributed by atoms with Crippen molar-refractivity contribution in [1.82, 2.24) is 0 Å². The van der Waals surface area contributed by atoms with Crippen LogP contribution < -0.4 is 5.32 Å². The molecule has 0 saturated heterocycles. The molecule has 4 heteroatoms. The number of thiol groups is 1. The van der Waals surface area contributed by atoms with Gasteiger partial charge in [0.25, 0.3) is 5.91 Å². The Morgan fingerprint density at radius 1 is 1.44 bits per heavy atom. The molecule has 2 aromatic rings. The Hall–Kier alpha value is -1.26. The highest BCUT2D eigenvalue weighted by Gasteiger charge is 2.12. The molecule has 1 aromatic carbocycles.